The number of hydrogen-bond acceptors (Lipinski definition) is 3. The Bertz CT molecular complexity index is 160. The van der Waals surface area contributed by atoms with Crippen LogP contribution >= 0.6 is 11.8 Å². The SMILES string of the molecule is CSCCC(C#N)NCC1CC1. The Kier molecular flexibility index (Phi) is 4.49. The lowest BCUT2D eigenvalue weighted by Crippen LogP contribution is -2.29. The second kappa shape index (κ2) is 5.45. The minimum absolute atomic E-state index is 0.0815. The summed E-state index contributed by atoms with van der Waals surface area (Å²) in [5, 5.41) is 12.1. The van der Waals surface area contributed by atoms with E-state index in [2.05, 4.69) is 17.6 Å². The molecule has 1 atom stereocenters. The van der Waals surface area contributed by atoms with E-state index < -0.39 is 0 Å². The summed E-state index contributed by atoms with van der Waals surface area (Å²) in [6.45, 7) is 1.05. The summed E-state index contributed by atoms with van der Waals surface area (Å²) in [5.41, 5.74) is 0. The highest BCUT2D eigenvalue weighted by Gasteiger charge is 2.21. The van der Waals surface area contributed by atoms with Gasteiger partial charge < -0.3 is 5.32 Å². The summed E-state index contributed by atoms with van der Waals surface area (Å²) < 4.78 is 0. The van der Waals surface area contributed by atoms with Gasteiger partial charge in [0.25, 0.3) is 0 Å². The highest BCUT2D eigenvalue weighted by atomic mass is 32.2. The van der Waals surface area contributed by atoms with Crippen LogP contribution in [0.1, 0.15) is 19.3 Å². The zero-order chi connectivity index (χ0) is 8.81. The Morgan fingerprint density at radius 2 is 2.42 bits per heavy atom. The molecule has 1 aliphatic carbocycles. The third-order valence-electron chi connectivity index (χ3n) is 2.12. The van der Waals surface area contributed by atoms with E-state index in [-0.39, 0.29) is 6.04 Å². The van der Waals surface area contributed by atoms with Gasteiger partial charge in [0.2, 0.25) is 0 Å². The zero-order valence-corrected chi connectivity index (χ0v) is 8.36. The molecule has 1 aliphatic rings. The van der Waals surface area contributed by atoms with Gasteiger partial charge >= 0.3 is 0 Å². The van der Waals surface area contributed by atoms with E-state index in [0.717, 1.165) is 24.6 Å². The van der Waals surface area contributed by atoms with Gasteiger partial charge in [-0.15, -0.1) is 0 Å². The first-order valence-corrected chi connectivity index (χ1v) is 5.88. The minimum Gasteiger partial charge on any atom is -0.302 e. The van der Waals surface area contributed by atoms with Crippen LogP contribution in [0.5, 0.6) is 0 Å². The van der Waals surface area contributed by atoms with Crippen molar-refractivity contribution in [2.75, 3.05) is 18.6 Å². The van der Waals surface area contributed by atoms with Crippen LogP contribution in [0.15, 0.2) is 0 Å². The molecule has 0 aromatic carbocycles. The Morgan fingerprint density at radius 3 is 2.92 bits per heavy atom. The molecule has 1 saturated carbocycles. The van der Waals surface area contributed by atoms with Crippen molar-refractivity contribution < 1.29 is 0 Å². The molecule has 1 unspecified atom stereocenters. The number of nitriles is 1. The molecule has 12 heavy (non-hydrogen) atoms. The monoisotopic (exact) mass is 184 g/mol. The van der Waals surface area contributed by atoms with Crippen LogP contribution in [0.25, 0.3) is 0 Å². The summed E-state index contributed by atoms with van der Waals surface area (Å²) in [5.74, 6) is 1.95. The van der Waals surface area contributed by atoms with Crippen molar-refractivity contribution in [2.45, 2.75) is 25.3 Å². The maximum atomic E-state index is 8.76. The molecule has 0 bridgehead atoms. The quantitative estimate of drug-likeness (QED) is 0.681. The Morgan fingerprint density at radius 1 is 1.67 bits per heavy atom. The molecule has 0 amide bonds. The maximum Gasteiger partial charge on any atom is 0.0960 e. The van der Waals surface area contributed by atoms with Gasteiger partial charge in [0, 0.05) is 0 Å². The number of hydrogen-bond donors (Lipinski definition) is 1. The van der Waals surface area contributed by atoms with E-state index >= 15 is 0 Å². The molecule has 2 nitrogen and oxygen atoms in total. The molecule has 68 valence electrons. The van der Waals surface area contributed by atoms with Crippen molar-refractivity contribution in [1.82, 2.24) is 5.32 Å². The topological polar surface area (TPSA) is 35.8 Å². The van der Waals surface area contributed by atoms with Crippen LogP contribution in [0.4, 0.5) is 0 Å². The van der Waals surface area contributed by atoms with Crippen molar-refractivity contribution >= 4 is 11.8 Å². The first kappa shape index (κ1) is 9.88. The molecule has 0 radical (unpaired) electrons. The van der Waals surface area contributed by atoms with Crippen molar-refractivity contribution in [3.63, 3.8) is 0 Å². The van der Waals surface area contributed by atoms with Crippen LogP contribution in [0, 0.1) is 17.2 Å². The molecular formula is C9H16N2S. The fourth-order valence-corrected chi connectivity index (χ4v) is 1.55. The van der Waals surface area contributed by atoms with Crippen molar-refractivity contribution in [3.05, 3.63) is 0 Å². The minimum atomic E-state index is 0.0815. The Balaban J connectivity index is 2.03. The average Bonchev–Trinajstić information content (AvgIpc) is 2.89. The van der Waals surface area contributed by atoms with Crippen LogP contribution in [-0.2, 0) is 0 Å². The second-order valence-electron chi connectivity index (χ2n) is 3.31. The summed E-state index contributed by atoms with van der Waals surface area (Å²) in [7, 11) is 0. The van der Waals surface area contributed by atoms with Gasteiger partial charge in [0.1, 0.15) is 0 Å². The molecular weight excluding hydrogens is 168 g/mol. The third kappa shape index (κ3) is 3.99. The van der Waals surface area contributed by atoms with Crippen LogP contribution in [-0.4, -0.2) is 24.6 Å². The Labute approximate surface area is 78.7 Å². The number of thioether (sulfide) groups is 1. The maximum absolute atomic E-state index is 8.76. The molecule has 0 aromatic heterocycles. The largest absolute Gasteiger partial charge is 0.302 e. The fourth-order valence-electron chi connectivity index (χ4n) is 1.08. The highest BCUT2D eigenvalue weighted by molar-refractivity contribution is 7.98. The summed E-state index contributed by atoms with van der Waals surface area (Å²) >= 11 is 1.80. The van der Waals surface area contributed by atoms with Crippen LogP contribution in [0.3, 0.4) is 0 Å². The van der Waals surface area contributed by atoms with Gasteiger partial charge in [0.05, 0.1) is 12.1 Å². The molecule has 0 spiro atoms. The highest BCUT2D eigenvalue weighted by Crippen LogP contribution is 2.27. The predicted molar refractivity (Wildman–Crippen MR) is 53.1 cm³/mol. The van der Waals surface area contributed by atoms with E-state index in [0.29, 0.717) is 0 Å². The smallest absolute Gasteiger partial charge is 0.0960 e. The van der Waals surface area contributed by atoms with Crippen molar-refractivity contribution in [1.29, 1.82) is 5.26 Å². The zero-order valence-electron chi connectivity index (χ0n) is 7.55. The molecule has 0 heterocycles. The molecule has 1 rings (SSSR count). The normalized spacial score (nSPS) is 18.7. The average molecular weight is 184 g/mol. The van der Waals surface area contributed by atoms with E-state index in [1.54, 1.807) is 11.8 Å². The molecule has 0 saturated heterocycles. The van der Waals surface area contributed by atoms with E-state index in [4.69, 9.17) is 5.26 Å². The molecule has 1 fully saturated rings. The molecule has 3 heteroatoms. The van der Waals surface area contributed by atoms with Gasteiger partial charge in [-0.3, -0.25) is 0 Å². The van der Waals surface area contributed by atoms with E-state index in [1.807, 2.05) is 0 Å². The summed E-state index contributed by atoms with van der Waals surface area (Å²) in [6.07, 6.45) is 5.76. The first-order valence-electron chi connectivity index (χ1n) is 4.48. The summed E-state index contributed by atoms with van der Waals surface area (Å²) in [4.78, 5) is 0. The lowest BCUT2D eigenvalue weighted by atomic mass is 10.2. The van der Waals surface area contributed by atoms with Gasteiger partial charge in [-0.25, -0.2) is 0 Å². The standard InChI is InChI=1S/C9H16N2S/c1-12-5-4-9(6-10)11-7-8-2-3-8/h8-9,11H,2-5,7H2,1H3. The predicted octanol–water partition coefficient (Wildman–Crippen LogP) is 1.63. The first-order chi connectivity index (χ1) is 5.86. The molecule has 1 N–H and O–H groups in total. The van der Waals surface area contributed by atoms with Crippen LogP contribution in [0.2, 0.25) is 0 Å². The van der Waals surface area contributed by atoms with Crippen LogP contribution < -0.4 is 5.32 Å². The van der Waals surface area contributed by atoms with E-state index in [9.17, 15) is 0 Å². The van der Waals surface area contributed by atoms with Crippen molar-refractivity contribution in [2.24, 2.45) is 5.92 Å². The van der Waals surface area contributed by atoms with Crippen molar-refractivity contribution in [3.8, 4) is 6.07 Å². The summed E-state index contributed by atoms with van der Waals surface area (Å²) in [6, 6.07) is 2.38. The molecule has 0 aromatic rings. The Hall–Kier alpha value is -0.200. The second-order valence-corrected chi connectivity index (χ2v) is 4.30. The van der Waals surface area contributed by atoms with Gasteiger partial charge in [-0.05, 0) is 43.7 Å². The fraction of sp³-hybridized carbons (Fsp3) is 0.889. The third-order valence-corrected chi connectivity index (χ3v) is 2.76. The number of nitrogens with zero attached hydrogens (tertiary/aromatic N) is 1. The van der Waals surface area contributed by atoms with E-state index in [1.165, 1.54) is 12.8 Å². The van der Waals surface area contributed by atoms with Gasteiger partial charge in [0.15, 0.2) is 0 Å². The lowest BCUT2D eigenvalue weighted by Gasteiger charge is -2.09. The van der Waals surface area contributed by atoms with Gasteiger partial charge in [-0.1, -0.05) is 0 Å². The van der Waals surface area contributed by atoms with Gasteiger partial charge in [-0.2, -0.15) is 17.0 Å². The molecule has 0 aliphatic heterocycles. The number of nitrogens with one attached hydrogen (secondary N) is 1. The lowest BCUT2D eigenvalue weighted by molar-refractivity contribution is 0.564. The number of rotatable bonds is 6.